The van der Waals surface area contributed by atoms with E-state index in [-0.39, 0.29) is 5.56 Å². The molecule has 0 aliphatic rings. The summed E-state index contributed by atoms with van der Waals surface area (Å²) in [6, 6.07) is 14.2. The summed E-state index contributed by atoms with van der Waals surface area (Å²) in [5, 5.41) is 13.7. The molecule has 0 aliphatic heterocycles. The predicted molar refractivity (Wildman–Crippen MR) is 86.1 cm³/mol. The van der Waals surface area contributed by atoms with Gasteiger partial charge in [0.05, 0.1) is 5.97 Å². The molecule has 6 nitrogen and oxygen atoms in total. The van der Waals surface area contributed by atoms with Gasteiger partial charge in [-0.05, 0) is 25.1 Å². The molecule has 0 fully saturated rings. The van der Waals surface area contributed by atoms with Crippen LogP contribution in [0.15, 0.2) is 52.9 Å². The largest absolute Gasteiger partial charge is 0.545 e. The molecule has 4 rings (SSSR count). The van der Waals surface area contributed by atoms with Crippen LogP contribution < -0.4 is 10.4 Å². The summed E-state index contributed by atoms with van der Waals surface area (Å²) < 4.78 is 5.90. The average Bonchev–Trinajstić information content (AvgIpc) is 2.94. The first-order chi connectivity index (χ1) is 11.6. The number of carboxylic acid groups (broad SMARTS) is 1. The van der Waals surface area contributed by atoms with Gasteiger partial charge in [0.25, 0.3) is 5.82 Å². The van der Waals surface area contributed by atoms with Gasteiger partial charge < -0.3 is 14.3 Å². The van der Waals surface area contributed by atoms with Crippen molar-refractivity contribution in [2.24, 2.45) is 0 Å². The van der Waals surface area contributed by atoms with E-state index in [2.05, 4.69) is 9.97 Å². The maximum atomic E-state index is 11.0. The number of carbonyl (C=O) groups is 1. The Bertz CT molecular complexity index is 1090. The standard InChI is InChI=1S/C18H13N3O3/c1-10-19-15-13-7-2-3-8-14(13)24-16(15)17(20-10)21-12-6-4-5-11(9-12)18(22)23/h2-9H,1H3,(H,22,23)(H,19,20,21). The Balaban J connectivity index is 1.87. The monoisotopic (exact) mass is 319 g/mol. The van der Waals surface area contributed by atoms with Crippen LogP contribution in [0.25, 0.3) is 22.1 Å². The molecule has 2 N–H and O–H groups in total. The molecule has 24 heavy (non-hydrogen) atoms. The van der Waals surface area contributed by atoms with Gasteiger partial charge in [-0.25, -0.2) is 4.98 Å². The van der Waals surface area contributed by atoms with E-state index in [1.165, 1.54) is 6.07 Å². The third-order valence-corrected chi connectivity index (χ3v) is 3.78. The Morgan fingerprint density at radius 3 is 2.79 bits per heavy atom. The lowest BCUT2D eigenvalue weighted by atomic mass is 10.2. The summed E-state index contributed by atoms with van der Waals surface area (Å²) in [4.78, 5) is 19.9. The number of nitrogens with zero attached hydrogens (tertiary/aromatic N) is 2. The van der Waals surface area contributed by atoms with E-state index in [9.17, 15) is 9.90 Å². The van der Waals surface area contributed by atoms with Gasteiger partial charge in [-0.3, -0.25) is 5.32 Å². The molecule has 0 amide bonds. The molecule has 118 valence electrons. The van der Waals surface area contributed by atoms with Crippen molar-refractivity contribution in [2.75, 3.05) is 0 Å². The summed E-state index contributed by atoms with van der Waals surface area (Å²) >= 11 is 0. The third-order valence-electron chi connectivity index (χ3n) is 3.78. The van der Waals surface area contributed by atoms with E-state index in [0.29, 0.717) is 22.9 Å². The molecule has 0 spiro atoms. The van der Waals surface area contributed by atoms with Gasteiger partial charge in [0.2, 0.25) is 5.58 Å². The lowest BCUT2D eigenvalue weighted by Gasteiger charge is -2.04. The van der Waals surface area contributed by atoms with Crippen LogP contribution in [0, 0.1) is 6.92 Å². The van der Waals surface area contributed by atoms with Crippen LogP contribution in [0.3, 0.4) is 0 Å². The number of nitrogens with two attached hydrogens (primary N) is 1. The molecule has 0 unspecified atom stereocenters. The molecule has 4 aromatic rings. The highest BCUT2D eigenvalue weighted by Gasteiger charge is 2.18. The third kappa shape index (κ3) is 2.39. The highest BCUT2D eigenvalue weighted by Crippen LogP contribution is 2.29. The Hall–Kier alpha value is -3.25. The fraction of sp³-hybridized carbons (Fsp3) is 0.0556. The molecule has 0 aliphatic carbocycles. The molecule has 6 heteroatoms. The number of para-hydroxylation sites is 1. The van der Waals surface area contributed by atoms with E-state index in [0.717, 1.165) is 16.5 Å². The first-order valence-electron chi connectivity index (χ1n) is 7.44. The van der Waals surface area contributed by atoms with Crippen molar-refractivity contribution in [3.8, 4) is 0 Å². The Morgan fingerprint density at radius 2 is 1.96 bits per heavy atom. The topological polar surface area (TPSA) is 95.7 Å². The smallest absolute Gasteiger partial charge is 0.277 e. The van der Waals surface area contributed by atoms with Gasteiger partial charge >= 0.3 is 0 Å². The van der Waals surface area contributed by atoms with Crippen LogP contribution in [0.5, 0.6) is 0 Å². The highest BCUT2D eigenvalue weighted by molar-refractivity contribution is 6.04. The average molecular weight is 319 g/mol. The summed E-state index contributed by atoms with van der Waals surface area (Å²) in [7, 11) is 0. The number of rotatable bonds is 3. The number of furan rings is 1. The number of carboxylic acids is 1. The number of hydrogen-bond donors (Lipinski definition) is 1. The number of aryl methyl sites for hydroxylation is 1. The molecule has 2 aromatic carbocycles. The highest BCUT2D eigenvalue weighted by atomic mass is 16.4. The minimum Gasteiger partial charge on any atom is -0.545 e. The fourth-order valence-corrected chi connectivity index (χ4v) is 2.74. The van der Waals surface area contributed by atoms with Crippen LogP contribution >= 0.6 is 0 Å². The SMILES string of the molecule is Cc1nc([NH2+]c2cccc(C(=O)[O-])c2)c2oc3ccccc3c2n1. The van der Waals surface area contributed by atoms with Crippen LogP contribution in [0.4, 0.5) is 11.5 Å². The van der Waals surface area contributed by atoms with Gasteiger partial charge in [0.1, 0.15) is 22.6 Å². The van der Waals surface area contributed by atoms with Gasteiger partial charge in [-0.15, -0.1) is 0 Å². The van der Waals surface area contributed by atoms with Crippen molar-refractivity contribution in [3.63, 3.8) is 0 Å². The summed E-state index contributed by atoms with van der Waals surface area (Å²) in [5.74, 6) is 0.0264. The summed E-state index contributed by atoms with van der Waals surface area (Å²) in [6.07, 6.45) is 0. The number of aromatic nitrogens is 2. The van der Waals surface area contributed by atoms with Crippen molar-refractivity contribution in [3.05, 3.63) is 59.9 Å². The number of quaternary nitrogens is 1. The second kappa shape index (κ2) is 5.43. The predicted octanol–water partition coefficient (Wildman–Crippen LogP) is 1.57. The molecule has 0 bridgehead atoms. The molecule has 2 heterocycles. The molecular formula is C18H13N3O3. The molecular weight excluding hydrogens is 306 g/mol. The lowest BCUT2D eigenvalue weighted by molar-refractivity contribution is -0.481. The Kier molecular flexibility index (Phi) is 3.25. The maximum absolute atomic E-state index is 11.0. The zero-order valence-electron chi connectivity index (χ0n) is 12.8. The maximum Gasteiger partial charge on any atom is 0.277 e. The van der Waals surface area contributed by atoms with Crippen LogP contribution in [0.1, 0.15) is 16.2 Å². The molecule has 0 atom stereocenters. The van der Waals surface area contributed by atoms with Crippen LogP contribution in [-0.2, 0) is 0 Å². The van der Waals surface area contributed by atoms with Gasteiger partial charge in [-0.1, -0.05) is 24.3 Å². The number of hydrogen-bond acceptors (Lipinski definition) is 5. The minimum absolute atomic E-state index is 0.121. The van der Waals surface area contributed by atoms with Crippen molar-refractivity contribution in [1.29, 1.82) is 0 Å². The summed E-state index contributed by atoms with van der Waals surface area (Å²) in [5.41, 5.74) is 2.90. The first-order valence-corrected chi connectivity index (χ1v) is 7.44. The first kappa shape index (κ1) is 14.3. The molecule has 2 aromatic heterocycles. The van der Waals surface area contributed by atoms with Gasteiger partial charge in [0.15, 0.2) is 0 Å². The number of fused-ring (bicyclic) bond motifs is 3. The molecule has 0 saturated carbocycles. The van der Waals surface area contributed by atoms with Crippen molar-refractivity contribution < 1.29 is 19.6 Å². The zero-order valence-corrected chi connectivity index (χ0v) is 12.8. The molecule has 0 saturated heterocycles. The lowest BCUT2D eigenvalue weighted by Crippen LogP contribution is -2.71. The molecule has 0 radical (unpaired) electrons. The normalized spacial score (nSPS) is 11.2. The van der Waals surface area contributed by atoms with Crippen molar-refractivity contribution in [1.82, 2.24) is 9.97 Å². The van der Waals surface area contributed by atoms with E-state index in [1.807, 2.05) is 31.2 Å². The Morgan fingerprint density at radius 1 is 1.12 bits per heavy atom. The van der Waals surface area contributed by atoms with E-state index < -0.39 is 5.97 Å². The van der Waals surface area contributed by atoms with Crippen LogP contribution in [-0.4, -0.2) is 15.9 Å². The zero-order chi connectivity index (χ0) is 16.7. The number of aromatic carboxylic acids is 1. The summed E-state index contributed by atoms with van der Waals surface area (Å²) in [6.45, 7) is 1.82. The number of carbonyl (C=O) groups excluding carboxylic acids is 1. The quantitative estimate of drug-likeness (QED) is 0.578. The van der Waals surface area contributed by atoms with E-state index in [4.69, 9.17) is 4.42 Å². The fourth-order valence-electron chi connectivity index (χ4n) is 2.74. The van der Waals surface area contributed by atoms with Gasteiger partial charge in [0, 0.05) is 17.0 Å². The van der Waals surface area contributed by atoms with Crippen molar-refractivity contribution >= 4 is 39.5 Å². The number of benzene rings is 2. The van der Waals surface area contributed by atoms with Gasteiger partial charge in [-0.2, -0.15) is 4.98 Å². The van der Waals surface area contributed by atoms with Crippen molar-refractivity contribution in [2.45, 2.75) is 6.92 Å². The van der Waals surface area contributed by atoms with Crippen LogP contribution in [0.2, 0.25) is 0 Å². The van der Waals surface area contributed by atoms with E-state index in [1.54, 1.807) is 23.5 Å². The second-order valence-electron chi connectivity index (χ2n) is 5.49. The Labute approximate surface area is 136 Å². The minimum atomic E-state index is -1.21. The van der Waals surface area contributed by atoms with E-state index >= 15 is 0 Å². The second-order valence-corrected chi connectivity index (χ2v) is 5.49.